The van der Waals surface area contributed by atoms with Gasteiger partial charge in [0.2, 0.25) is 0 Å². The monoisotopic (exact) mass is 276 g/mol. The van der Waals surface area contributed by atoms with Gasteiger partial charge in [-0.2, -0.15) is 5.26 Å². The van der Waals surface area contributed by atoms with Gasteiger partial charge in [0.05, 0.1) is 12.5 Å². The molecule has 0 atom stereocenters. The Hall–Kier alpha value is -2.55. The van der Waals surface area contributed by atoms with Gasteiger partial charge in [0.15, 0.2) is 6.61 Å². The number of nitriles is 1. The highest BCUT2D eigenvalue weighted by atomic mass is 16.5. The Morgan fingerprint density at radius 2 is 2.15 bits per heavy atom. The number of rotatable bonds is 6. The first kappa shape index (κ1) is 15.5. The van der Waals surface area contributed by atoms with Crippen LogP contribution in [0.3, 0.4) is 0 Å². The molecule has 0 unspecified atom stereocenters. The highest BCUT2D eigenvalue weighted by Crippen LogP contribution is 2.23. The second-order valence-corrected chi connectivity index (χ2v) is 4.27. The Kier molecular flexibility index (Phi) is 5.54. The van der Waals surface area contributed by atoms with Gasteiger partial charge in [-0.1, -0.05) is 12.1 Å². The highest BCUT2D eigenvalue weighted by molar-refractivity contribution is 5.91. The summed E-state index contributed by atoms with van der Waals surface area (Å²) in [7, 11) is 1.57. The van der Waals surface area contributed by atoms with Crippen LogP contribution in [-0.2, 0) is 4.79 Å². The van der Waals surface area contributed by atoms with Crippen molar-refractivity contribution in [2.45, 2.75) is 13.3 Å². The molecular weight excluding hydrogens is 260 g/mol. The number of para-hydroxylation sites is 1. The number of nitrogens with zero attached hydrogens (tertiary/aromatic N) is 2. The van der Waals surface area contributed by atoms with E-state index in [0.717, 1.165) is 0 Å². The van der Waals surface area contributed by atoms with Crippen molar-refractivity contribution in [2.24, 2.45) is 0 Å². The summed E-state index contributed by atoms with van der Waals surface area (Å²) in [6, 6.07) is 6.70. The van der Waals surface area contributed by atoms with E-state index < -0.39 is 5.97 Å². The SMILES string of the molecule is Cc1cccc(C(=O)O)c1OCC(=O)N(C)CCC#N. The Balaban J connectivity index is 2.73. The molecule has 0 saturated carbocycles. The van der Waals surface area contributed by atoms with Crippen LogP contribution in [0.1, 0.15) is 22.3 Å². The smallest absolute Gasteiger partial charge is 0.339 e. The number of carbonyl (C=O) groups excluding carboxylic acids is 1. The van der Waals surface area contributed by atoms with Crippen molar-refractivity contribution < 1.29 is 19.4 Å². The summed E-state index contributed by atoms with van der Waals surface area (Å²) in [6.45, 7) is 1.77. The Bertz CT molecular complexity index is 549. The molecule has 0 heterocycles. The van der Waals surface area contributed by atoms with Crippen LogP contribution in [0.4, 0.5) is 0 Å². The van der Waals surface area contributed by atoms with Crippen LogP contribution in [0, 0.1) is 18.3 Å². The van der Waals surface area contributed by atoms with Crippen molar-refractivity contribution in [3.8, 4) is 11.8 Å². The van der Waals surface area contributed by atoms with Crippen molar-refractivity contribution in [3.63, 3.8) is 0 Å². The number of carboxylic acids is 1. The summed E-state index contributed by atoms with van der Waals surface area (Å²) in [4.78, 5) is 24.2. The van der Waals surface area contributed by atoms with Gasteiger partial charge in [-0.3, -0.25) is 4.79 Å². The molecular formula is C14H16N2O4. The third-order valence-electron chi connectivity index (χ3n) is 2.77. The number of aryl methyl sites for hydroxylation is 1. The fourth-order valence-corrected chi connectivity index (χ4v) is 1.60. The Morgan fingerprint density at radius 3 is 2.75 bits per heavy atom. The van der Waals surface area contributed by atoms with E-state index in [2.05, 4.69) is 0 Å². The first-order valence-corrected chi connectivity index (χ1v) is 6.04. The fraction of sp³-hybridized carbons (Fsp3) is 0.357. The second kappa shape index (κ2) is 7.14. The predicted octanol–water partition coefficient (Wildman–Crippen LogP) is 1.44. The van der Waals surface area contributed by atoms with Crippen molar-refractivity contribution in [2.75, 3.05) is 20.2 Å². The average Bonchev–Trinajstić information content (AvgIpc) is 2.42. The van der Waals surface area contributed by atoms with Crippen LogP contribution < -0.4 is 4.74 Å². The van der Waals surface area contributed by atoms with Crippen molar-refractivity contribution in [3.05, 3.63) is 29.3 Å². The molecule has 0 fully saturated rings. The molecule has 0 aliphatic carbocycles. The van der Waals surface area contributed by atoms with E-state index >= 15 is 0 Å². The number of benzene rings is 1. The Morgan fingerprint density at radius 1 is 1.45 bits per heavy atom. The van der Waals surface area contributed by atoms with Gasteiger partial charge in [-0.25, -0.2) is 4.79 Å². The molecule has 0 aliphatic rings. The zero-order valence-corrected chi connectivity index (χ0v) is 11.4. The van der Waals surface area contributed by atoms with Crippen LogP contribution in [0.25, 0.3) is 0 Å². The molecule has 1 rings (SSSR count). The van der Waals surface area contributed by atoms with Crippen molar-refractivity contribution in [1.29, 1.82) is 5.26 Å². The van der Waals surface area contributed by atoms with Gasteiger partial charge in [0.1, 0.15) is 11.3 Å². The summed E-state index contributed by atoms with van der Waals surface area (Å²) in [5.41, 5.74) is 0.676. The number of carbonyl (C=O) groups is 2. The summed E-state index contributed by atoms with van der Waals surface area (Å²) >= 11 is 0. The van der Waals surface area contributed by atoms with Crippen LogP contribution in [0.15, 0.2) is 18.2 Å². The van der Waals surface area contributed by atoms with Crippen LogP contribution >= 0.6 is 0 Å². The van der Waals surface area contributed by atoms with E-state index in [1.165, 1.54) is 11.0 Å². The zero-order valence-electron chi connectivity index (χ0n) is 11.4. The third kappa shape index (κ3) is 3.99. The van der Waals surface area contributed by atoms with E-state index in [4.69, 9.17) is 15.1 Å². The minimum atomic E-state index is -1.10. The topological polar surface area (TPSA) is 90.6 Å². The molecule has 0 radical (unpaired) electrons. The molecule has 1 N–H and O–H groups in total. The summed E-state index contributed by atoms with van der Waals surface area (Å²) in [5.74, 6) is -1.21. The minimum Gasteiger partial charge on any atom is -0.483 e. The molecule has 0 aliphatic heterocycles. The standard InChI is InChI=1S/C14H16N2O4/c1-10-5-3-6-11(14(18)19)13(10)20-9-12(17)16(2)8-4-7-15/h3,5-6H,4,8-9H2,1-2H3,(H,18,19). The number of amides is 1. The second-order valence-electron chi connectivity index (χ2n) is 4.27. The molecule has 106 valence electrons. The maximum absolute atomic E-state index is 11.8. The number of hydrogen-bond acceptors (Lipinski definition) is 4. The summed E-state index contributed by atoms with van der Waals surface area (Å²) in [5, 5.41) is 17.5. The van der Waals surface area contributed by atoms with E-state index in [0.29, 0.717) is 12.1 Å². The summed E-state index contributed by atoms with van der Waals surface area (Å²) in [6.07, 6.45) is 0.243. The lowest BCUT2D eigenvalue weighted by Gasteiger charge is -2.17. The van der Waals surface area contributed by atoms with E-state index in [9.17, 15) is 9.59 Å². The van der Waals surface area contributed by atoms with Crippen molar-refractivity contribution >= 4 is 11.9 Å². The maximum Gasteiger partial charge on any atom is 0.339 e. The molecule has 1 aromatic rings. The van der Waals surface area contributed by atoms with E-state index in [1.54, 1.807) is 26.1 Å². The molecule has 1 amide bonds. The number of hydrogen-bond donors (Lipinski definition) is 1. The van der Waals surface area contributed by atoms with Gasteiger partial charge < -0.3 is 14.7 Å². The first-order valence-electron chi connectivity index (χ1n) is 6.04. The summed E-state index contributed by atoms with van der Waals surface area (Å²) < 4.78 is 5.34. The van der Waals surface area contributed by atoms with E-state index in [-0.39, 0.29) is 30.2 Å². The van der Waals surface area contributed by atoms with Crippen molar-refractivity contribution in [1.82, 2.24) is 4.90 Å². The molecule has 1 aromatic carbocycles. The van der Waals surface area contributed by atoms with Gasteiger partial charge in [0, 0.05) is 13.6 Å². The number of likely N-dealkylation sites (N-methyl/N-ethyl adjacent to an activating group) is 1. The van der Waals surface area contributed by atoms with Gasteiger partial charge >= 0.3 is 5.97 Å². The first-order chi connectivity index (χ1) is 9.47. The highest BCUT2D eigenvalue weighted by Gasteiger charge is 2.16. The predicted molar refractivity (Wildman–Crippen MR) is 71.5 cm³/mol. The Labute approximate surface area is 117 Å². The number of ether oxygens (including phenoxy) is 1. The molecule has 6 nitrogen and oxygen atoms in total. The number of carboxylic acid groups (broad SMARTS) is 1. The van der Waals surface area contributed by atoms with Gasteiger partial charge in [0.25, 0.3) is 5.91 Å². The number of aromatic carboxylic acids is 1. The molecule has 0 saturated heterocycles. The van der Waals surface area contributed by atoms with E-state index in [1.807, 2.05) is 6.07 Å². The average molecular weight is 276 g/mol. The molecule has 0 spiro atoms. The zero-order chi connectivity index (χ0) is 15.1. The van der Waals surface area contributed by atoms with Crippen LogP contribution in [-0.4, -0.2) is 42.1 Å². The molecule has 20 heavy (non-hydrogen) atoms. The maximum atomic E-state index is 11.8. The van der Waals surface area contributed by atoms with Gasteiger partial charge in [-0.05, 0) is 18.6 Å². The quantitative estimate of drug-likeness (QED) is 0.849. The lowest BCUT2D eigenvalue weighted by atomic mass is 10.1. The fourth-order valence-electron chi connectivity index (χ4n) is 1.60. The lowest BCUT2D eigenvalue weighted by Crippen LogP contribution is -2.32. The molecule has 0 bridgehead atoms. The molecule has 0 aromatic heterocycles. The minimum absolute atomic E-state index is 0.0254. The normalized spacial score (nSPS) is 9.65. The largest absolute Gasteiger partial charge is 0.483 e. The van der Waals surface area contributed by atoms with Crippen LogP contribution in [0.5, 0.6) is 5.75 Å². The van der Waals surface area contributed by atoms with Gasteiger partial charge in [-0.15, -0.1) is 0 Å². The lowest BCUT2D eigenvalue weighted by molar-refractivity contribution is -0.132. The van der Waals surface area contributed by atoms with Crippen LogP contribution in [0.2, 0.25) is 0 Å². The third-order valence-corrected chi connectivity index (χ3v) is 2.77. The molecule has 6 heteroatoms.